The fraction of sp³-hybridized carbons (Fsp3) is 0.263. The maximum atomic E-state index is 13.2. The van der Waals surface area contributed by atoms with E-state index in [-0.39, 0.29) is 11.1 Å². The normalized spacial score (nSPS) is 12.0. The summed E-state index contributed by atoms with van der Waals surface area (Å²) in [6.07, 6.45) is 0.707. The molecule has 0 amide bonds. The van der Waals surface area contributed by atoms with Crippen LogP contribution in [0.25, 0.3) is 0 Å². The Labute approximate surface area is 166 Å². The van der Waals surface area contributed by atoms with Crippen molar-refractivity contribution in [2.75, 3.05) is 12.4 Å². The lowest BCUT2D eigenvalue weighted by atomic mass is 10.2. The number of methoxy groups -OCH3 is 1. The summed E-state index contributed by atoms with van der Waals surface area (Å²) in [5.74, 6) is 1.16. The molecule has 0 bridgehead atoms. The molecule has 0 spiro atoms. The van der Waals surface area contributed by atoms with Gasteiger partial charge in [-0.25, -0.2) is 9.37 Å². The van der Waals surface area contributed by atoms with E-state index in [1.54, 1.807) is 13.2 Å². The van der Waals surface area contributed by atoms with Gasteiger partial charge in [-0.15, -0.1) is 0 Å². The zero-order valence-electron chi connectivity index (χ0n) is 15.0. The van der Waals surface area contributed by atoms with Gasteiger partial charge in [0.25, 0.3) is 0 Å². The zero-order chi connectivity index (χ0) is 19.2. The Morgan fingerprint density at radius 3 is 2.70 bits per heavy atom. The molecule has 0 saturated carbocycles. The molecule has 1 heterocycles. The average Bonchev–Trinajstić information content (AvgIpc) is 3.10. The third-order valence-corrected chi connectivity index (χ3v) is 4.90. The van der Waals surface area contributed by atoms with Crippen molar-refractivity contribution in [2.24, 2.45) is 0 Å². The summed E-state index contributed by atoms with van der Waals surface area (Å²) in [6, 6.07) is 12.6. The van der Waals surface area contributed by atoms with Gasteiger partial charge in [0.1, 0.15) is 17.4 Å². The van der Waals surface area contributed by atoms with Crippen LogP contribution >= 0.6 is 23.1 Å². The number of hydrogen-bond donors (Lipinski definition) is 2. The lowest BCUT2D eigenvalue weighted by molar-refractivity contribution is 0.414. The molecule has 0 fully saturated rings. The highest BCUT2D eigenvalue weighted by molar-refractivity contribution is 7.09. The lowest BCUT2D eigenvalue weighted by Gasteiger charge is -2.12. The topological polar surface area (TPSA) is 59.1 Å². The van der Waals surface area contributed by atoms with Crippen LogP contribution in [0.15, 0.2) is 42.5 Å². The average molecular weight is 407 g/mol. The fourth-order valence-corrected chi connectivity index (χ4v) is 3.26. The highest BCUT2D eigenvalue weighted by Crippen LogP contribution is 2.23. The lowest BCUT2D eigenvalue weighted by Crippen LogP contribution is -2.27. The Morgan fingerprint density at radius 1 is 1.22 bits per heavy atom. The SMILES string of the molecule is COc1ccc(CNC(C)Cc2nsc(Nc3ccc(F)c(Cl)c3)n2)cc1. The third kappa shape index (κ3) is 5.63. The van der Waals surface area contributed by atoms with Crippen LogP contribution in [0.4, 0.5) is 15.2 Å². The van der Waals surface area contributed by atoms with Crippen molar-refractivity contribution >= 4 is 34.0 Å². The van der Waals surface area contributed by atoms with Crippen LogP contribution in [0.5, 0.6) is 5.75 Å². The summed E-state index contributed by atoms with van der Waals surface area (Å²) in [6.45, 7) is 2.85. The molecule has 3 aromatic rings. The first-order valence-electron chi connectivity index (χ1n) is 8.44. The molecular formula is C19H20ClFN4OS. The third-order valence-electron chi connectivity index (χ3n) is 3.94. The molecule has 8 heteroatoms. The van der Waals surface area contributed by atoms with Crippen LogP contribution in [0, 0.1) is 5.82 Å². The molecule has 142 valence electrons. The quantitative estimate of drug-likeness (QED) is 0.562. The van der Waals surface area contributed by atoms with Gasteiger partial charge < -0.3 is 15.4 Å². The van der Waals surface area contributed by atoms with Gasteiger partial charge in [-0.2, -0.15) is 4.37 Å². The predicted molar refractivity (Wildman–Crippen MR) is 108 cm³/mol. The summed E-state index contributed by atoms with van der Waals surface area (Å²) in [4.78, 5) is 4.48. The van der Waals surface area contributed by atoms with Crippen molar-refractivity contribution in [1.29, 1.82) is 0 Å². The summed E-state index contributed by atoms with van der Waals surface area (Å²) in [7, 11) is 1.66. The molecule has 27 heavy (non-hydrogen) atoms. The first kappa shape index (κ1) is 19.5. The van der Waals surface area contributed by atoms with Crippen molar-refractivity contribution in [1.82, 2.24) is 14.7 Å². The van der Waals surface area contributed by atoms with E-state index in [9.17, 15) is 4.39 Å². The molecular weight excluding hydrogens is 387 g/mol. The summed E-state index contributed by atoms with van der Waals surface area (Å²) >= 11 is 7.06. The van der Waals surface area contributed by atoms with Crippen LogP contribution < -0.4 is 15.4 Å². The molecule has 1 atom stereocenters. The molecule has 1 aromatic heterocycles. The van der Waals surface area contributed by atoms with Gasteiger partial charge in [0.2, 0.25) is 5.13 Å². The molecule has 0 aliphatic rings. The number of benzene rings is 2. The minimum absolute atomic E-state index is 0.0705. The molecule has 3 rings (SSSR count). The maximum Gasteiger partial charge on any atom is 0.207 e. The van der Waals surface area contributed by atoms with Crippen LogP contribution in [0.3, 0.4) is 0 Å². The Bertz CT molecular complexity index is 888. The molecule has 2 N–H and O–H groups in total. The molecule has 0 radical (unpaired) electrons. The highest BCUT2D eigenvalue weighted by atomic mass is 35.5. The molecule has 5 nitrogen and oxygen atoms in total. The zero-order valence-corrected chi connectivity index (χ0v) is 16.6. The predicted octanol–water partition coefficient (Wildman–Crippen LogP) is 4.80. The largest absolute Gasteiger partial charge is 0.497 e. The smallest absolute Gasteiger partial charge is 0.207 e. The Hall–Kier alpha value is -2.22. The second-order valence-corrected chi connectivity index (χ2v) is 7.26. The maximum absolute atomic E-state index is 13.2. The van der Waals surface area contributed by atoms with E-state index >= 15 is 0 Å². The number of anilines is 2. The monoisotopic (exact) mass is 406 g/mol. The summed E-state index contributed by atoms with van der Waals surface area (Å²) in [5.41, 5.74) is 1.86. The second kappa shape index (κ2) is 9.12. The first-order valence-corrected chi connectivity index (χ1v) is 9.59. The summed E-state index contributed by atoms with van der Waals surface area (Å²) < 4.78 is 22.8. The molecule has 0 saturated heterocycles. The van der Waals surface area contributed by atoms with E-state index < -0.39 is 5.82 Å². The van der Waals surface area contributed by atoms with E-state index in [1.165, 1.54) is 29.2 Å². The van der Waals surface area contributed by atoms with Crippen molar-refractivity contribution in [3.05, 3.63) is 64.7 Å². The highest BCUT2D eigenvalue weighted by Gasteiger charge is 2.10. The van der Waals surface area contributed by atoms with Crippen molar-refractivity contribution < 1.29 is 9.13 Å². The number of hydrogen-bond acceptors (Lipinski definition) is 6. The van der Waals surface area contributed by atoms with Gasteiger partial charge in [-0.05, 0) is 42.8 Å². The van der Waals surface area contributed by atoms with Gasteiger partial charge in [0.15, 0.2) is 0 Å². The number of ether oxygens (including phenoxy) is 1. The van der Waals surface area contributed by atoms with Gasteiger partial charge >= 0.3 is 0 Å². The number of aromatic nitrogens is 2. The molecule has 1 unspecified atom stereocenters. The molecule has 0 aliphatic heterocycles. The number of halogens is 2. The van der Waals surface area contributed by atoms with E-state index in [2.05, 4.69) is 26.9 Å². The van der Waals surface area contributed by atoms with Crippen LogP contribution in [-0.4, -0.2) is 22.5 Å². The van der Waals surface area contributed by atoms with Gasteiger partial charge in [0.05, 0.1) is 12.1 Å². The van der Waals surface area contributed by atoms with Crippen LogP contribution in [-0.2, 0) is 13.0 Å². The number of nitrogens with zero attached hydrogens (tertiary/aromatic N) is 2. The molecule has 2 aromatic carbocycles. The van der Waals surface area contributed by atoms with E-state index in [1.807, 2.05) is 24.3 Å². The van der Waals surface area contributed by atoms with Crippen LogP contribution in [0.2, 0.25) is 5.02 Å². The minimum Gasteiger partial charge on any atom is -0.497 e. The second-order valence-electron chi connectivity index (χ2n) is 6.10. The Balaban J connectivity index is 1.51. The number of rotatable bonds is 8. The van der Waals surface area contributed by atoms with E-state index in [0.29, 0.717) is 17.2 Å². The van der Waals surface area contributed by atoms with Gasteiger partial charge in [0, 0.05) is 36.2 Å². The van der Waals surface area contributed by atoms with Gasteiger partial charge in [-0.3, -0.25) is 0 Å². The van der Waals surface area contributed by atoms with Crippen molar-refractivity contribution in [3.8, 4) is 5.75 Å². The van der Waals surface area contributed by atoms with Crippen molar-refractivity contribution in [3.63, 3.8) is 0 Å². The fourth-order valence-electron chi connectivity index (χ4n) is 2.47. The van der Waals surface area contributed by atoms with E-state index in [4.69, 9.17) is 16.3 Å². The van der Waals surface area contributed by atoms with E-state index in [0.717, 1.165) is 18.1 Å². The Kier molecular flexibility index (Phi) is 6.60. The minimum atomic E-state index is -0.447. The van der Waals surface area contributed by atoms with Crippen molar-refractivity contribution in [2.45, 2.75) is 25.9 Å². The molecule has 0 aliphatic carbocycles. The number of nitrogens with one attached hydrogen (secondary N) is 2. The summed E-state index contributed by atoms with van der Waals surface area (Å²) in [5, 5.41) is 7.28. The Morgan fingerprint density at radius 2 is 2.00 bits per heavy atom. The van der Waals surface area contributed by atoms with Gasteiger partial charge in [-0.1, -0.05) is 23.7 Å². The van der Waals surface area contributed by atoms with Crippen LogP contribution in [0.1, 0.15) is 18.3 Å². The first-order chi connectivity index (χ1) is 13.0. The standard InChI is InChI=1S/C19H20ClFN4OS/c1-12(22-11-13-3-6-15(26-2)7-4-13)9-18-24-19(27-25-18)23-14-5-8-17(21)16(20)10-14/h3-8,10,12,22H,9,11H2,1-2H3,(H,23,24,25).